The number of carboxylic acid groups (broad SMARTS) is 1. The van der Waals surface area contributed by atoms with Gasteiger partial charge in [-0.3, -0.25) is 9.59 Å². The molecule has 0 aliphatic carbocycles. The summed E-state index contributed by atoms with van der Waals surface area (Å²) in [5.41, 5.74) is -0.445. The average Bonchev–Trinajstić information content (AvgIpc) is 2.31. The van der Waals surface area contributed by atoms with Crippen molar-refractivity contribution in [1.29, 1.82) is 0 Å². The molecule has 1 rings (SSSR count). The summed E-state index contributed by atoms with van der Waals surface area (Å²) in [6, 6.07) is 2.54. The predicted octanol–water partition coefficient (Wildman–Crippen LogP) is 1.80. The summed E-state index contributed by atoms with van der Waals surface area (Å²) in [6.07, 6.45) is 0. The van der Waals surface area contributed by atoms with E-state index < -0.39 is 41.0 Å². The van der Waals surface area contributed by atoms with Crippen LogP contribution >= 0.6 is 0 Å². The average molecular weight is 257 g/mol. The molecule has 0 saturated carbocycles. The quantitative estimate of drug-likeness (QED) is 0.864. The minimum atomic E-state index is -1.25. The van der Waals surface area contributed by atoms with E-state index in [9.17, 15) is 18.4 Å². The molecule has 0 aromatic heterocycles. The lowest BCUT2D eigenvalue weighted by Gasteiger charge is -2.17. The van der Waals surface area contributed by atoms with E-state index in [4.69, 9.17) is 5.11 Å². The molecule has 0 aliphatic rings. The van der Waals surface area contributed by atoms with Gasteiger partial charge in [0.05, 0.1) is 11.5 Å². The Morgan fingerprint density at radius 1 is 1.28 bits per heavy atom. The number of aliphatic carboxylic acids is 1. The fraction of sp³-hybridized carbons (Fsp3) is 0.333. The topological polar surface area (TPSA) is 66.4 Å². The molecular formula is C12H13F2NO3. The highest BCUT2D eigenvalue weighted by Crippen LogP contribution is 2.12. The van der Waals surface area contributed by atoms with Crippen LogP contribution in [0.25, 0.3) is 0 Å². The van der Waals surface area contributed by atoms with Crippen LogP contribution < -0.4 is 5.32 Å². The molecule has 1 amide bonds. The van der Waals surface area contributed by atoms with E-state index in [1.165, 1.54) is 19.9 Å². The Labute approximate surface area is 103 Å². The molecule has 6 heteroatoms. The fourth-order valence-corrected chi connectivity index (χ4v) is 1.30. The van der Waals surface area contributed by atoms with Gasteiger partial charge < -0.3 is 10.4 Å². The molecule has 0 bridgehead atoms. The third-order valence-electron chi connectivity index (χ3n) is 2.69. The number of rotatable bonds is 4. The van der Waals surface area contributed by atoms with Gasteiger partial charge in [0.2, 0.25) is 0 Å². The molecule has 0 fully saturated rings. The van der Waals surface area contributed by atoms with Crippen LogP contribution in [0.1, 0.15) is 24.2 Å². The Morgan fingerprint density at radius 3 is 2.44 bits per heavy atom. The van der Waals surface area contributed by atoms with Crippen molar-refractivity contribution >= 4 is 11.9 Å². The number of nitrogens with one attached hydrogen (secondary N) is 1. The van der Waals surface area contributed by atoms with Crippen molar-refractivity contribution in [2.75, 3.05) is 0 Å². The van der Waals surface area contributed by atoms with E-state index in [1.807, 2.05) is 0 Å². The number of amides is 1. The van der Waals surface area contributed by atoms with Crippen molar-refractivity contribution in [3.05, 3.63) is 35.4 Å². The highest BCUT2D eigenvalue weighted by Gasteiger charge is 2.23. The number of carbonyl (C=O) groups is 2. The van der Waals surface area contributed by atoms with Crippen molar-refractivity contribution in [3.63, 3.8) is 0 Å². The molecule has 0 radical (unpaired) electrons. The van der Waals surface area contributed by atoms with Crippen molar-refractivity contribution in [2.45, 2.75) is 19.9 Å². The zero-order chi connectivity index (χ0) is 13.9. The first kappa shape index (κ1) is 14.1. The van der Waals surface area contributed by atoms with Crippen molar-refractivity contribution < 1.29 is 23.5 Å². The largest absolute Gasteiger partial charge is 0.481 e. The maximum atomic E-state index is 13.3. The third-order valence-corrected chi connectivity index (χ3v) is 2.69. The lowest BCUT2D eigenvalue weighted by Crippen LogP contribution is -2.40. The first-order valence-electron chi connectivity index (χ1n) is 5.32. The van der Waals surface area contributed by atoms with Gasteiger partial charge in [0, 0.05) is 6.04 Å². The number of halogens is 2. The number of hydrogen-bond acceptors (Lipinski definition) is 2. The minimum Gasteiger partial charge on any atom is -0.481 e. The first-order valence-corrected chi connectivity index (χ1v) is 5.32. The van der Waals surface area contributed by atoms with Crippen LogP contribution in [0.2, 0.25) is 0 Å². The van der Waals surface area contributed by atoms with E-state index in [0.717, 1.165) is 12.1 Å². The van der Waals surface area contributed by atoms with Crippen LogP contribution in [-0.2, 0) is 4.79 Å². The highest BCUT2D eigenvalue weighted by molar-refractivity contribution is 5.94. The van der Waals surface area contributed by atoms with E-state index in [0.29, 0.717) is 0 Å². The maximum Gasteiger partial charge on any atom is 0.308 e. The number of carbonyl (C=O) groups excluding carboxylic acids is 1. The molecule has 98 valence electrons. The number of carboxylic acids is 1. The Hall–Kier alpha value is -1.98. The van der Waals surface area contributed by atoms with Gasteiger partial charge >= 0.3 is 5.97 Å². The van der Waals surface area contributed by atoms with Crippen molar-refractivity contribution in [1.82, 2.24) is 5.32 Å². The Morgan fingerprint density at radius 2 is 1.89 bits per heavy atom. The summed E-state index contributed by atoms with van der Waals surface area (Å²) in [5, 5.41) is 11.1. The Bertz CT molecular complexity index is 476. The molecule has 1 aromatic carbocycles. The fourth-order valence-electron chi connectivity index (χ4n) is 1.30. The molecule has 0 aliphatic heterocycles. The van der Waals surface area contributed by atoms with Gasteiger partial charge in [-0.2, -0.15) is 0 Å². The smallest absolute Gasteiger partial charge is 0.308 e. The molecule has 0 saturated heterocycles. The summed E-state index contributed by atoms with van der Waals surface area (Å²) in [5.74, 6) is -5.12. The molecule has 1 aromatic rings. The molecule has 0 spiro atoms. The second kappa shape index (κ2) is 5.57. The molecule has 4 nitrogen and oxygen atoms in total. The highest BCUT2D eigenvalue weighted by atomic mass is 19.2. The normalized spacial score (nSPS) is 13.8. The van der Waals surface area contributed by atoms with Crippen LogP contribution in [0.4, 0.5) is 8.78 Å². The molecule has 18 heavy (non-hydrogen) atoms. The van der Waals surface area contributed by atoms with Gasteiger partial charge in [-0.15, -0.1) is 0 Å². The first-order chi connectivity index (χ1) is 8.34. The molecule has 2 atom stereocenters. The van der Waals surface area contributed by atoms with Gasteiger partial charge in [-0.1, -0.05) is 6.07 Å². The van der Waals surface area contributed by atoms with Gasteiger partial charge in [0.1, 0.15) is 0 Å². The standard InChI is InChI=1S/C12H13F2NO3/c1-6(12(17)18)7(2)15-11(16)8-4-3-5-9(13)10(8)14/h3-7H,1-2H3,(H,15,16)(H,17,18). The summed E-state index contributed by atoms with van der Waals surface area (Å²) >= 11 is 0. The molecular weight excluding hydrogens is 244 g/mol. The predicted molar refractivity (Wildman–Crippen MR) is 60.1 cm³/mol. The minimum absolute atomic E-state index is 0.445. The van der Waals surface area contributed by atoms with Crippen LogP contribution in [0.5, 0.6) is 0 Å². The van der Waals surface area contributed by atoms with Gasteiger partial charge in [-0.25, -0.2) is 8.78 Å². The Balaban J connectivity index is 2.83. The van der Waals surface area contributed by atoms with E-state index >= 15 is 0 Å². The number of hydrogen-bond donors (Lipinski definition) is 2. The van der Waals surface area contributed by atoms with Crippen LogP contribution in [0.15, 0.2) is 18.2 Å². The van der Waals surface area contributed by atoms with E-state index in [-0.39, 0.29) is 0 Å². The lowest BCUT2D eigenvalue weighted by molar-refractivity contribution is -0.141. The maximum absolute atomic E-state index is 13.3. The van der Waals surface area contributed by atoms with Crippen LogP contribution in [-0.4, -0.2) is 23.0 Å². The zero-order valence-electron chi connectivity index (χ0n) is 9.91. The van der Waals surface area contributed by atoms with Crippen molar-refractivity contribution in [3.8, 4) is 0 Å². The third kappa shape index (κ3) is 3.03. The molecule has 0 heterocycles. The lowest BCUT2D eigenvalue weighted by atomic mass is 10.0. The number of benzene rings is 1. The monoisotopic (exact) mass is 257 g/mol. The molecule has 2 N–H and O–H groups in total. The van der Waals surface area contributed by atoms with Crippen LogP contribution in [0.3, 0.4) is 0 Å². The van der Waals surface area contributed by atoms with Crippen molar-refractivity contribution in [2.24, 2.45) is 5.92 Å². The Kier molecular flexibility index (Phi) is 4.36. The van der Waals surface area contributed by atoms with E-state index in [2.05, 4.69) is 5.32 Å². The zero-order valence-corrected chi connectivity index (χ0v) is 9.91. The second-order valence-corrected chi connectivity index (χ2v) is 3.99. The summed E-state index contributed by atoms with van der Waals surface area (Å²) in [4.78, 5) is 22.3. The van der Waals surface area contributed by atoms with Gasteiger partial charge in [-0.05, 0) is 26.0 Å². The van der Waals surface area contributed by atoms with E-state index in [1.54, 1.807) is 0 Å². The summed E-state index contributed by atoms with van der Waals surface area (Å²) in [7, 11) is 0. The van der Waals surface area contributed by atoms with Crippen LogP contribution in [0, 0.1) is 17.6 Å². The SMILES string of the molecule is CC(NC(=O)c1cccc(F)c1F)C(C)C(=O)O. The van der Waals surface area contributed by atoms with Gasteiger partial charge in [0.25, 0.3) is 5.91 Å². The molecule has 2 unspecified atom stereocenters. The van der Waals surface area contributed by atoms with Gasteiger partial charge in [0.15, 0.2) is 11.6 Å². The summed E-state index contributed by atoms with van der Waals surface area (Å²) in [6.45, 7) is 2.89. The second-order valence-electron chi connectivity index (χ2n) is 3.99. The summed E-state index contributed by atoms with van der Waals surface area (Å²) < 4.78 is 26.2.